The molecule has 0 saturated heterocycles. The zero-order chi connectivity index (χ0) is 17.8. The fourth-order valence-electron chi connectivity index (χ4n) is 2.23. The molecule has 0 unspecified atom stereocenters. The van der Waals surface area contributed by atoms with Crippen LogP contribution in [0.5, 0.6) is 0 Å². The van der Waals surface area contributed by atoms with Crippen LogP contribution >= 0.6 is 0 Å². The van der Waals surface area contributed by atoms with Crippen LogP contribution in [-0.2, 0) is 16.0 Å². The van der Waals surface area contributed by atoms with Gasteiger partial charge >= 0.3 is 0 Å². The minimum Gasteiger partial charge on any atom is -0.441 e. The SMILES string of the molecule is O=C(CCc1ncc(-c2ccc(F)cc2F)o1)NCC(=O)NC1CC1. The molecule has 0 radical (unpaired) electrons. The molecule has 1 aliphatic rings. The van der Waals surface area contributed by atoms with E-state index in [1.165, 1.54) is 12.3 Å². The van der Waals surface area contributed by atoms with Crippen LogP contribution in [0.1, 0.15) is 25.2 Å². The normalized spacial score (nSPS) is 13.5. The van der Waals surface area contributed by atoms with Gasteiger partial charge in [0.15, 0.2) is 11.7 Å². The Labute approximate surface area is 142 Å². The van der Waals surface area contributed by atoms with E-state index < -0.39 is 11.6 Å². The number of halogens is 2. The number of carbonyl (C=O) groups excluding carboxylic acids is 2. The van der Waals surface area contributed by atoms with Crippen molar-refractivity contribution in [1.29, 1.82) is 0 Å². The molecule has 6 nitrogen and oxygen atoms in total. The lowest BCUT2D eigenvalue weighted by molar-refractivity contribution is -0.126. The first kappa shape index (κ1) is 17.1. The number of nitrogens with zero attached hydrogens (tertiary/aromatic N) is 1. The number of amides is 2. The Morgan fingerprint density at radius 3 is 2.76 bits per heavy atom. The zero-order valence-electron chi connectivity index (χ0n) is 13.4. The summed E-state index contributed by atoms with van der Waals surface area (Å²) in [6, 6.07) is 3.40. The molecule has 1 aromatic heterocycles. The number of aromatic nitrogens is 1. The number of carbonyl (C=O) groups is 2. The molecular weight excluding hydrogens is 332 g/mol. The van der Waals surface area contributed by atoms with Crippen LogP contribution in [0.4, 0.5) is 8.78 Å². The standard InChI is InChI=1S/C17H17F2N3O3/c18-10-1-4-12(13(19)7-10)14-8-21-17(25-14)6-5-15(23)20-9-16(24)22-11-2-3-11/h1,4,7-8,11H,2-3,5-6,9H2,(H,20,23)(H,22,24). The van der Waals surface area contributed by atoms with E-state index in [-0.39, 0.29) is 54.5 Å². The van der Waals surface area contributed by atoms with Gasteiger partial charge in [-0.3, -0.25) is 9.59 Å². The van der Waals surface area contributed by atoms with Crippen LogP contribution < -0.4 is 10.6 Å². The molecule has 1 fully saturated rings. The molecule has 0 bridgehead atoms. The molecule has 0 aliphatic heterocycles. The van der Waals surface area contributed by atoms with Gasteiger partial charge in [-0.05, 0) is 25.0 Å². The highest BCUT2D eigenvalue weighted by atomic mass is 19.1. The van der Waals surface area contributed by atoms with Crippen LogP contribution in [0.25, 0.3) is 11.3 Å². The molecule has 0 spiro atoms. The Morgan fingerprint density at radius 1 is 1.24 bits per heavy atom. The van der Waals surface area contributed by atoms with Crippen LogP contribution in [0.3, 0.4) is 0 Å². The molecule has 2 N–H and O–H groups in total. The number of hydrogen-bond acceptors (Lipinski definition) is 4. The third kappa shape index (κ3) is 4.85. The Bertz CT molecular complexity index is 787. The van der Waals surface area contributed by atoms with Crippen molar-refractivity contribution in [2.75, 3.05) is 6.54 Å². The third-order valence-electron chi connectivity index (χ3n) is 3.70. The van der Waals surface area contributed by atoms with Gasteiger partial charge in [0.1, 0.15) is 11.6 Å². The Hall–Kier alpha value is -2.77. The van der Waals surface area contributed by atoms with Crippen molar-refractivity contribution in [1.82, 2.24) is 15.6 Å². The maximum Gasteiger partial charge on any atom is 0.239 e. The number of oxazole rings is 1. The quantitative estimate of drug-likeness (QED) is 0.800. The molecule has 1 saturated carbocycles. The zero-order valence-corrected chi connectivity index (χ0v) is 13.4. The smallest absolute Gasteiger partial charge is 0.239 e. The fraction of sp³-hybridized carbons (Fsp3) is 0.353. The third-order valence-corrected chi connectivity index (χ3v) is 3.70. The Morgan fingerprint density at radius 2 is 2.04 bits per heavy atom. The second-order valence-corrected chi connectivity index (χ2v) is 5.86. The van der Waals surface area contributed by atoms with Crippen molar-refractivity contribution in [2.24, 2.45) is 0 Å². The van der Waals surface area contributed by atoms with Crippen molar-refractivity contribution in [3.63, 3.8) is 0 Å². The second-order valence-electron chi connectivity index (χ2n) is 5.86. The minimum atomic E-state index is -0.748. The summed E-state index contributed by atoms with van der Waals surface area (Å²) in [5, 5.41) is 5.28. The number of aryl methyl sites for hydroxylation is 1. The van der Waals surface area contributed by atoms with E-state index in [1.54, 1.807) is 0 Å². The minimum absolute atomic E-state index is 0.0625. The highest BCUT2D eigenvalue weighted by molar-refractivity contribution is 5.85. The molecule has 8 heteroatoms. The molecule has 0 atom stereocenters. The van der Waals surface area contributed by atoms with E-state index in [1.807, 2.05) is 0 Å². The van der Waals surface area contributed by atoms with Crippen LogP contribution in [-0.4, -0.2) is 29.4 Å². The largest absolute Gasteiger partial charge is 0.441 e. The fourth-order valence-corrected chi connectivity index (χ4v) is 2.23. The van der Waals surface area contributed by atoms with E-state index in [0.717, 1.165) is 25.0 Å². The van der Waals surface area contributed by atoms with Crippen LogP contribution in [0, 0.1) is 11.6 Å². The van der Waals surface area contributed by atoms with Gasteiger partial charge in [0.25, 0.3) is 0 Å². The lowest BCUT2D eigenvalue weighted by atomic mass is 10.2. The van der Waals surface area contributed by atoms with E-state index in [9.17, 15) is 18.4 Å². The monoisotopic (exact) mass is 349 g/mol. The molecule has 1 aromatic carbocycles. The summed E-state index contributed by atoms with van der Waals surface area (Å²) in [5.41, 5.74) is 0.0985. The number of benzene rings is 1. The van der Waals surface area contributed by atoms with Gasteiger partial charge in [0.05, 0.1) is 18.3 Å². The first-order chi connectivity index (χ1) is 12.0. The molecule has 25 heavy (non-hydrogen) atoms. The lowest BCUT2D eigenvalue weighted by Crippen LogP contribution is -2.37. The van der Waals surface area contributed by atoms with Crippen molar-refractivity contribution >= 4 is 11.8 Å². The molecule has 1 aliphatic carbocycles. The summed E-state index contributed by atoms with van der Waals surface area (Å²) in [7, 11) is 0. The summed E-state index contributed by atoms with van der Waals surface area (Å²) >= 11 is 0. The summed E-state index contributed by atoms with van der Waals surface area (Å²) in [5.74, 6) is -1.52. The van der Waals surface area contributed by atoms with Gasteiger partial charge in [-0.2, -0.15) is 0 Å². The molecule has 132 valence electrons. The Balaban J connectivity index is 1.47. The van der Waals surface area contributed by atoms with Gasteiger partial charge < -0.3 is 15.1 Å². The van der Waals surface area contributed by atoms with Crippen molar-refractivity contribution in [3.8, 4) is 11.3 Å². The van der Waals surface area contributed by atoms with Crippen molar-refractivity contribution in [3.05, 3.63) is 41.9 Å². The van der Waals surface area contributed by atoms with Gasteiger partial charge in [-0.1, -0.05) is 0 Å². The molecule has 2 amide bonds. The molecule has 3 rings (SSSR count). The maximum atomic E-state index is 13.7. The van der Waals surface area contributed by atoms with E-state index in [2.05, 4.69) is 15.6 Å². The number of nitrogens with one attached hydrogen (secondary N) is 2. The maximum absolute atomic E-state index is 13.7. The summed E-state index contributed by atoms with van der Waals surface area (Å²) in [6.45, 7) is -0.0625. The van der Waals surface area contributed by atoms with Gasteiger partial charge in [0, 0.05) is 24.9 Å². The predicted molar refractivity (Wildman–Crippen MR) is 84.4 cm³/mol. The first-order valence-corrected chi connectivity index (χ1v) is 7.97. The molecule has 2 aromatic rings. The topological polar surface area (TPSA) is 84.2 Å². The van der Waals surface area contributed by atoms with Crippen LogP contribution in [0.2, 0.25) is 0 Å². The predicted octanol–water partition coefficient (Wildman–Crippen LogP) is 1.95. The van der Waals surface area contributed by atoms with Crippen molar-refractivity contribution < 1.29 is 22.8 Å². The summed E-state index contributed by atoms with van der Waals surface area (Å²) < 4.78 is 32.0. The second kappa shape index (κ2) is 7.42. The average Bonchev–Trinajstić information content (AvgIpc) is 3.25. The molecule has 1 heterocycles. The summed E-state index contributed by atoms with van der Waals surface area (Å²) in [6.07, 6.45) is 3.59. The average molecular weight is 349 g/mol. The van der Waals surface area contributed by atoms with Crippen molar-refractivity contribution in [2.45, 2.75) is 31.7 Å². The van der Waals surface area contributed by atoms with Gasteiger partial charge in [-0.25, -0.2) is 13.8 Å². The van der Waals surface area contributed by atoms with Gasteiger partial charge in [-0.15, -0.1) is 0 Å². The highest BCUT2D eigenvalue weighted by Crippen LogP contribution is 2.24. The van der Waals surface area contributed by atoms with E-state index >= 15 is 0 Å². The summed E-state index contributed by atoms with van der Waals surface area (Å²) in [4.78, 5) is 27.2. The lowest BCUT2D eigenvalue weighted by Gasteiger charge is -2.05. The number of rotatable bonds is 7. The molecular formula is C17H17F2N3O3. The first-order valence-electron chi connectivity index (χ1n) is 7.97. The van der Waals surface area contributed by atoms with Crippen LogP contribution in [0.15, 0.2) is 28.8 Å². The Kier molecular flexibility index (Phi) is 5.06. The van der Waals surface area contributed by atoms with E-state index in [4.69, 9.17) is 4.42 Å². The highest BCUT2D eigenvalue weighted by Gasteiger charge is 2.23. The number of hydrogen-bond donors (Lipinski definition) is 2. The van der Waals surface area contributed by atoms with E-state index in [0.29, 0.717) is 0 Å². The van der Waals surface area contributed by atoms with Gasteiger partial charge in [0.2, 0.25) is 11.8 Å².